The minimum atomic E-state index is 0.134. The summed E-state index contributed by atoms with van der Waals surface area (Å²) in [6.07, 6.45) is 6.10. The van der Waals surface area contributed by atoms with Crippen LogP contribution in [0.5, 0.6) is 0 Å². The smallest absolute Gasteiger partial charge is 0.245 e. The van der Waals surface area contributed by atoms with Crippen LogP contribution in [0.15, 0.2) is 30.5 Å². The Morgan fingerprint density at radius 1 is 1.09 bits per heavy atom. The standard InChI is InChI=1S/C23H32ClN7O/c1-29(2)20-9-7-19(8-10-20)26-22(32)16-30-11-13-31(14-12-30)23-27-21(15-25-28-23)17-3-5-18(24)6-4-17/h3-6,15,19-20H,7-14,16H2,1-2H3,(H,26,32). The van der Waals surface area contributed by atoms with Crippen LogP contribution >= 0.6 is 11.6 Å². The van der Waals surface area contributed by atoms with Crippen LogP contribution < -0.4 is 10.2 Å². The monoisotopic (exact) mass is 457 g/mol. The van der Waals surface area contributed by atoms with Crippen molar-refractivity contribution in [2.75, 3.05) is 51.7 Å². The molecule has 1 amide bonds. The molecule has 0 atom stereocenters. The quantitative estimate of drug-likeness (QED) is 0.713. The second kappa shape index (κ2) is 10.6. The highest BCUT2D eigenvalue weighted by molar-refractivity contribution is 6.30. The molecule has 8 nitrogen and oxygen atoms in total. The van der Waals surface area contributed by atoms with Crippen LogP contribution in [0.3, 0.4) is 0 Å². The van der Waals surface area contributed by atoms with Crippen molar-refractivity contribution >= 4 is 23.5 Å². The maximum atomic E-state index is 12.6. The van der Waals surface area contributed by atoms with E-state index in [1.165, 1.54) is 0 Å². The van der Waals surface area contributed by atoms with E-state index in [4.69, 9.17) is 11.6 Å². The zero-order valence-electron chi connectivity index (χ0n) is 18.9. The van der Waals surface area contributed by atoms with Gasteiger partial charge >= 0.3 is 0 Å². The SMILES string of the molecule is CN(C)C1CCC(NC(=O)CN2CCN(c3nncc(-c4ccc(Cl)cc4)n3)CC2)CC1. The summed E-state index contributed by atoms with van der Waals surface area (Å²) >= 11 is 5.98. The Morgan fingerprint density at radius 3 is 2.44 bits per heavy atom. The van der Waals surface area contributed by atoms with E-state index in [-0.39, 0.29) is 5.91 Å². The summed E-state index contributed by atoms with van der Waals surface area (Å²) in [7, 11) is 4.27. The Morgan fingerprint density at radius 2 is 1.78 bits per heavy atom. The van der Waals surface area contributed by atoms with Gasteiger partial charge in [-0.25, -0.2) is 4.98 Å². The van der Waals surface area contributed by atoms with Crippen LogP contribution in [0.25, 0.3) is 11.3 Å². The summed E-state index contributed by atoms with van der Waals surface area (Å²) in [6, 6.07) is 8.51. The molecule has 32 heavy (non-hydrogen) atoms. The van der Waals surface area contributed by atoms with Gasteiger partial charge in [0.2, 0.25) is 11.9 Å². The predicted molar refractivity (Wildman–Crippen MR) is 127 cm³/mol. The second-order valence-corrected chi connectivity index (χ2v) is 9.38. The number of anilines is 1. The summed E-state index contributed by atoms with van der Waals surface area (Å²) in [6.45, 7) is 3.59. The third kappa shape index (κ3) is 5.94. The molecular formula is C23H32ClN7O. The number of nitrogens with one attached hydrogen (secondary N) is 1. The molecule has 2 fully saturated rings. The summed E-state index contributed by atoms with van der Waals surface area (Å²) in [4.78, 5) is 23.9. The Balaban J connectivity index is 1.24. The van der Waals surface area contributed by atoms with Crippen LogP contribution in [0.2, 0.25) is 5.02 Å². The van der Waals surface area contributed by atoms with Gasteiger partial charge < -0.3 is 15.1 Å². The van der Waals surface area contributed by atoms with Gasteiger partial charge in [-0.05, 0) is 51.9 Å². The lowest BCUT2D eigenvalue weighted by molar-refractivity contribution is -0.123. The van der Waals surface area contributed by atoms with E-state index in [0.29, 0.717) is 29.6 Å². The Hall–Kier alpha value is -2.29. The van der Waals surface area contributed by atoms with Crippen molar-refractivity contribution in [1.29, 1.82) is 0 Å². The van der Waals surface area contributed by atoms with E-state index in [2.05, 4.69) is 49.3 Å². The van der Waals surface area contributed by atoms with E-state index in [9.17, 15) is 4.79 Å². The van der Waals surface area contributed by atoms with Crippen molar-refractivity contribution in [3.05, 3.63) is 35.5 Å². The normalized spacial score (nSPS) is 22.2. The molecule has 1 aromatic heterocycles. The Bertz CT molecular complexity index is 891. The minimum absolute atomic E-state index is 0.134. The molecule has 2 aromatic rings. The van der Waals surface area contributed by atoms with Crippen LogP contribution in [0, 0.1) is 0 Å². The van der Waals surface area contributed by atoms with E-state index in [1.807, 2.05) is 24.3 Å². The molecule has 1 N–H and O–H groups in total. The molecule has 0 bridgehead atoms. The first-order valence-electron chi connectivity index (χ1n) is 11.4. The van der Waals surface area contributed by atoms with Crippen molar-refractivity contribution in [3.8, 4) is 11.3 Å². The number of amides is 1. The Kier molecular flexibility index (Phi) is 7.55. The lowest BCUT2D eigenvalue weighted by Crippen LogP contribution is -2.51. The first-order chi connectivity index (χ1) is 15.5. The number of rotatable bonds is 6. The zero-order chi connectivity index (χ0) is 22.5. The molecule has 1 aliphatic carbocycles. The van der Waals surface area contributed by atoms with Crippen LogP contribution in [-0.2, 0) is 4.79 Å². The van der Waals surface area contributed by atoms with Crippen molar-refractivity contribution < 1.29 is 4.79 Å². The number of halogens is 1. The van der Waals surface area contributed by atoms with E-state index >= 15 is 0 Å². The zero-order valence-corrected chi connectivity index (χ0v) is 19.6. The topological polar surface area (TPSA) is 77.5 Å². The van der Waals surface area contributed by atoms with Crippen molar-refractivity contribution in [1.82, 2.24) is 30.3 Å². The maximum absolute atomic E-state index is 12.6. The summed E-state index contributed by atoms with van der Waals surface area (Å²) in [5.74, 6) is 0.758. The molecule has 0 unspecified atom stereocenters. The number of hydrogen-bond donors (Lipinski definition) is 1. The number of carbonyl (C=O) groups excluding carboxylic acids is 1. The van der Waals surface area contributed by atoms with Crippen molar-refractivity contribution in [3.63, 3.8) is 0 Å². The molecule has 9 heteroatoms. The molecule has 2 aliphatic rings. The number of piperazine rings is 1. The molecule has 0 spiro atoms. The van der Waals surface area contributed by atoms with Gasteiger partial charge in [-0.2, -0.15) is 5.10 Å². The predicted octanol–water partition coefficient (Wildman–Crippen LogP) is 2.30. The molecule has 172 valence electrons. The fourth-order valence-electron chi connectivity index (χ4n) is 4.51. The highest BCUT2D eigenvalue weighted by Gasteiger charge is 2.25. The van der Waals surface area contributed by atoms with Gasteiger partial charge in [0.15, 0.2) is 0 Å². The van der Waals surface area contributed by atoms with Gasteiger partial charge in [0, 0.05) is 48.8 Å². The maximum Gasteiger partial charge on any atom is 0.245 e. The third-order valence-electron chi connectivity index (χ3n) is 6.50. The lowest BCUT2D eigenvalue weighted by Gasteiger charge is -2.35. The minimum Gasteiger partial charge on any atom is -0.352 e. The molecule has 1 saturated heterocycles. The van der Waals surface area contributed by atoms with Gasteiger partial charge in [-0.1, -0.05) is 23.7 Å². The largest absolute Gasteiger partial charge is 0.352 e. The van der Waals surface area contributed by atoms with Crippen LogP contribution in [0.4, 0.5) is 5.95 Å². The summed E-state index contributed by atoms with van der Waals surface area (Å²) in [5.41, 5.74) is 1.73. The summed E-state index contributed by atoms with van der Waals surface area (Å²) < 4.78 is 0. The highest BCUT2D eigenvalue weighted by Crippen LogP contribution is 2.22. The molecular weight excluding hydrogens is 426 g/mol. The van der Waals surface area contributed by atoms with Gasteiger partial charge in [0.25, 0.3) is 0 Å². The van der Waals surface area contributed by atoms with Crippen molar-refractivity contribution in [2.45, 2.75) is 37.8 Å². The molecule has 1 aliphatic heterocycles. The average molecular weight is 458 g/mol. The number of aromatic nitrogens is 3. The molecule has 4 rings (SSSR count). The van der Waals surface area contributed by atoms with Crippen LogP contribution in [0.1, 0.15) is 25.7 Å². The Labute approximate surface area is 195 Å². The highest BCUT2D eigenvalue weighted by atomic mass is 35.5. The van der Waals surface area contributed by atoms with Gasteiger partial charge in [0.05, 0.1) is 18.4 Å². The fraction of sp³-hybridized carbons (Fsp3) is 0.565. The first kappa shape index (κ1) is 22.9. The third-order valence-corrected chi connectivity index (χ3v) is 6.75. The number of benzene rings is 1. The lowest BCUT2D eigenvalue weighted by atomic mass is 9.90. The van der Waals surface area contributed by atoms with E-state index in [1.54, 1.807) is 6.20 Å². The summed E-state index contributed by atoms with van der Waals surface area (Å²) in [5, 5.41) is 12.3. The van der Waals surface area contributed by atoms with Crippen molar-refractivity contribution in [2.24, 2.45) is 0 Å². The number of carbonyl (C=O) groups is 1. The number of hydrogen-bond acceptors (Lipinski definition) is 7. The first-order valence-corrected chi connectivity index (χ1v) is 11.7. The van der Waals surface area contributed by atoms with Gasteiger partial charge in [-0.15, -0.1) is 5.10 Å². The fourth-order valence-corrected chi connectivity index (χ4v) is 4.63. The second-order valence-electron chi connectivity index (χ2n) is 8.95. The molecule has 1 saturated carbocycles. The van der Waals surface area contributed by atoms with E-state index in [0.717, 1.165) is 63.1 Å². The van der Waals surface area contributed by atoms with Gasteiger partial charge in [-0.3, -0.25) is 9.69 Å². The van der Waals surface area contributed by atoms with E-state index < -0.39 is 0 Å². The van der Waals surface area contributed by atoms with Crippen LogP contribution in [-0.4, -0.2) is 89.8 Å². The molecule has 0 radical (unpaired) electrons. The molecule has 1 aromatic carbocycles. The number of nitrogens with zero attached hydrogens (tertiary/aromatic N) is 6. The van der Waals surface area contributed by atoms with Gasteiger partial charge in [0.1, 0.15) is 0 Å². The average Bonchev–Trinajstić information content (AvgIpc) is 2.80. The molecule has 2 heterocycles.